The van der Waals surface area contributed by atoms with Crippen molar-refractivity contribution in [1.82, 2.24) is 10.4 Å². The van der Waals surface area contributed by atoms with Crippen LogP contribution in [0.2, 0.25) is 0 Å². The van der Waals surface area contributed by atoms with Crippen LogP contribution in [0.1, 0.15) is 6.92 Å². The van der Waals surface area contributed by atoms with E-state index in [1.807, 2.05) is 6.92 Å². The number of rotatable bonds is 2. The molecule has 4 nitrogen and oxygen atoms in total. The highest BCUT2D eigenvalue weighted by Gasteiger charge is 1.89. The predicted octanol–water partition coefficient (Wildman–Crippen LogP) is 0.501. The number of hydrogen-bond donors (Lipinski definition) is 1. The summed E-state index contributed by atoms with van der Waals surface area (Å²) in [5.41, 5.74) is 0. The summed E-state index contributed by atoms with van der Waals surface area (Å²) < 4.78 is 4.60. The van der Waals surface area contributed by atoms with Gasteiger partial charge in [-0.15, -0.1) is 5.10 Å². The Morgan fingerprint density at radius 3 is 3.25 bits per heavy atom. The molecule has 0 bridgehead atoms. The second-order valence-electron chi connectivity index (χ2n) is 1.31. The van der Waals surface area contributed by atoms with Gasteiger partial charge in [0.15, 0.2) is 0 Å². The fourth-order valence-electron chi connectivity index (χ4n) is 0.419. The summed E-state index contributed by atoms with van der Waals surface area (Å²) in [4.78, 5) is 0. The van der Waals surface area contributed by atoms with Gasteiger partial charge in [-0.3, -0.25) is 0 Å². The number of nitrogens with zero attached hydrogens (tertiary/aromatic N) is 2. The largest absolute Gasteiger partial charge is 0.353 e. The van der Waals surface area contributed by atoms with Crippen LogP contribution in [-0.2, 0) is 0 Å². The van der Waals surface area contributed by atoms with Gasteiger partial charge in [-0.25, -0.2) is 0 Å². The molecule has 1 aromatic rings. The monoisotopic (exact) mass is 113 g/mol. The molecule has 0 radical (unpaired) electrons. The van der Waals surface area contributed by atoms with E-state index >= 15 is 0 Å². The molecule has 0 aliphatic heterocycles. The van der Waals surface area contributed by atoms with Crippen molar-refractivity contribution in [2.45, 2.75) is 6.92 Å². The predicted molar refractivity (Wildman–Crippen MR) is 28.5 cm³/mol. The Labute approximate surface area is 46.9 Å². The van der Waals surface area contributed by atoms with Crippen LogP contribution in [0.3, 0.4) is 0 Å². The normalized spacial score (nSPS) is 9.12. The van der Waals surface area contributed by atoms with Crippen LogP contribution in [0.15, 0.2) is 10.7 Å². The molecule has 0 saturated carbocycles. The molecule has 44 valence electrons. The number of aromatic nitrogens is 2. The lowest BCUT2D eigenvalue weighted by Gasteiger charge is -1.89. The summed E-state index contributed by atoms with van der Waals surface area (Å²) >= 11 is 0. The van der Waals surface area contributed by atoms with E-state index in [1.165, 1.54) is 6.20 Å². The van der Waals surface area contributed by atoms with E-state index in [1.54, 1.807) is 0 Å². The highest BCUT2D eigenvalue weighted by molar-refractivity contribution is 5.23. The highest BCUT2D eigenvalue weighted by Crippen LogP contribution is 1.98. The van der Waals surface area contributed by atoms with E-state index in [-0.39, 0.29) is 0 Å². The van der Waals surface area contributed by atoms with Gasteiger partial charge >= 0.3 is 0 Å². The fourth-order valence-corrected chi connectivity index (χ4v) is 0.419. The van der Waals surface area contributed by atoms with Crippen LogP contribution in [0.25, 0.3) is 0 Å². The summed E-state index contributed by atoms with van der Waals surface area (Å²) in [5.74, 6) is 0.618. The van der Waals surface area contributed by atoms with Gasteiger partial charge in [0.2, 0.25) is 5.88 Å². The molecule has 0 aromatic carbocycles. The maximum absolute atomic E-state index is 4.60. The van der Waals surface area contributed by atoms with Gasteiger partial charge in [-0.1, -0.05) is 0 Å². The van der Waals surface area contributed by atoms with E-state index in [2.05, 4.69) is 20.2 Å². The average molecular weight is 113 g/mol. The molecule has 1 N–H and O–H groups in total. The molecule has 1 rings (SSSR count). The third-order valence-corrected chi connectivity index (χ3v) is 0.712. The Morgan fingerprint density at radius 2 is 2.75 bits per heavy atom. The van der Waals surface area contributed by atoms with Crippen molar-refractivity contribution < 1.29 is 4.52 Å². The minimum Gasteiger partial charge on any atom is -0.353 e. The minimum atomic E-state index is 0.618. The fraction of sp³-hybridized carbons (Fsp3) is 0.500. The van der Waals surface area contributed by atoms with Gasteiger partial charge in [0.05, 0.1) is 0 Å². The average Bonchev–Trinajstić information content (AvgIpc) is 2.19. The lowest BCUT2D eigenvalue weighted by Crippen LogP contribution is -1.93. The highest BCUT2D eigenvalue weighted by atomic mass is 16.5. The number of hydrogen-bond acceptors (Lipinski definition) is 4. The van der Waals surface area contributed by atoms with Crippen molar-refractivity contribution in [3.8, 4) is 0 Å². The third kappa shape index (κ3) is 0.959. The van der Waals surface area contributed by atoms with Gasteiger partial charge in [-0.2, -0.15) is 0 Å². The topological polar surface area (TPSA) is 51.0 Å². The lowest BCUT2D eigenvalue weighted by molar-refractivity contribution is 0.404. The first-order valence-electron chi connectivity index (χ1n) is 2.44. The molecular formula is C4H7N3O. The van der Waals surface area contributed by atoms with Gasteiger partial charge in [0.1, 0.15) is 6.20 Å². The van der Waals surface area contributed by atoms with Crippen molar-refractivity contribution in [2.75, 3.05) is 11.9 Å². The first-order chi connectivity index (χ1) is 3.93. The second kappa shape index (κ2) is 2.30. The first kappa shape index (κ1) is 5.08. The summed E-state index contributed by atoms with van der Waals surface area (Å²) in [7, 11) is 0. The van der Waals surface area contributed by atoms with E-state index in [9.17, 15) is 0 Å². The van der Waals surface area contributed by atoms with Crippen molar-refractivity contribution in [3.63, 3.8) is 0 Å². The van der Waals surface area contributed by atoms with Crippen LogP contribution in [0.4, 0.5) is 5.88 Å². The van der Waals surface area contributed by atoms with E-state index in [0.717, 1.165) is 6.54 Å². The standard InChI is InChI=1S/C4H7N3O/c1-2-5-4-3-6-7-8-4/h3,5H,2H2,1H3. The minimum absolute atomic E-state index is 0.618. The SMILES string of the molecule is CCNc1cnno1. The lowest BCUT2D eigenvalue weighted by atomic mass is 10.7. The van der Waals surface area contributed by atoms with Gasteiger partial charge in [-0.05, 0) is 6.92 Å². The molecular weight excluding hydrogens is 106 g/mol. The molecule has 0 unspecified atom stereocenters. The summed E-state index contributed by atoms with van der Waals surface area (Å²) in [6.07, 6.45) is 1.53. The van der Waals surface area contributed by atoms with Crippen LogP contribution in [0, 0.1) is 0 Å². The van der Waals surface area contributed by atoms with Crippen LogP contribution < -0.4 is 5.32 Å². The molecule has 0 atom stereocenters. The molecule has 0 spiro atoms. The smallest absolute Gasteiger partial charge is 0.245 e. The van der Waals surface area contributed by atoms with Gasteiger partial charge in [0, 0.05) is 11.8 Å². The quantitative estimate of drug-likeness (QED) is 0.606. The Bertz CT molecular complexity index is 137. The van der Waals surface area contributed by atoms with Crippen molar-refractivity contribution in [3.05, 3.63) is 6.20 Å². The summed E-state index contributed by atoms with van der Waals surface area (Å²) in [6.45, 7) is 2.80. The summed E-state index contributed by atoms with van der Waals surface area (Å²) in [5, 5.41) is 9.61. The van der Waals surface area contributed by atoms with Crippen molar-refractivity contribution >= 4 is 5.88 Å². The zero-order chi connectivity index (χ0) is 5.82. The maximum Gasteiger partial charge on any atom is 0.245 e. The van der Waals surface area contributed by atoms with Crippen LogP contribution in [0.5, 0.6) is 0 Å². The van der Waals surface area contributed by atoms with Gasteiger partial charge in [0.25, 0.3) is 0 Å². The zero-order valence-corrected chi connectivity index (χ0v) is 4.59. The molecule has 0 aliphatic carbocycles. The van der Waals surface area contributed by atoms with E-state index in [0.29, 0.717) is 5.88 Å². The molecule has 4 heteroatoms. The maximum atomic E-state index is 4.60. The zero-order valence-electron chi connectivity index (χ0n) is 4.59. The molecule has 0 amide bonds. The summed E-state index contributed by atoms with van der Waals surface area (Å²) in [6, 6.07) is 0. The van der Waals surface area contributed by atoms with E-state index < -0.39 is 0 Å². The molecule has 1 aromatic heterocycles. The van der Waals surface area contributed by atoms with Crippen molar-refractivity contribution in [1.29, 1.82) is 0 Å². The molecule has 1 heterocycles. The number of anilines is 1. The van der Waals surface area contributed by atoms with Crippen LogP contribution in [-0.4, -0.2) is 16.9 Å². The second-order valence-corrected chi connectivity index (χ2v) is 1.31. The molecule has 0 aliphatic rings. The Hall–Kier alpha value is -1.06. The number of nitrogens with one attached hydrogen (secondary N) is 1. The Balaban J connectivity index is 2.50. The first-order valence-corrected chi connectivity index (χ1v) is 2.44. The molecule has 8 heavy (non-hydrogen) atoms. The van der Waals surface area contributed by atoms with Crippen LogP contribution >= 0.6 is 0 Å². The molecule has 0 fully saturated rings. The Kier molecular flexibility index (Phi) is 1.46. The molecule has 0 saturated heterocycles. The Morgan fingerprint density at radius 1 is 1.88 bits per heavy atom. The third-order valence-electron chi connectivity index (χ3n) is 0.712. The van der Waals surface area contributed by atoms with E-state index in [4.69, 9.17) is 0 Å². The van der Waals surface area contributed by atoms with Crippen molar-refractivity contribution in [2.24, 2.45) is 0 Å². The van der Waals surface area contributed by atoms with Gasteiger partial charge < -0.3 is 9.84 Å².